The van der Waals surface area contributed by atoms with Gasteiger partial charge in [0.15, 0.2) is 5.76 Å². The van der Waals surface area contributed by atoms with Crippen LogP contribution in [0.5, 0.6) is 0 Å². The molecule has 0 spiro atoms. The summed E-state index contributed by atoms with van der Waals surface area (Å²) in [7, 11) is 1.26. The molecule has 0 unspecified atom stereocenters. The highest BCUT2D eigenvalue weighted by Gasteiger charge is 1.98. The summed E-state index contributed by atoms with van der Waals surface area (Å²) >= 11 is 0. The zero-order valence-electron chi connectivity index (χ0n) is 8.24. The molecule has 0 rings (SSSR count). The molecule has 0 saturated heterocycles. The average Bonchev–Trinajstić information content (AvgIpc) is 2.15. The van der Waals surface area contributed by atoms with Gasteiger partial charge in [-0.05, 0) is 13.0 Å². The van der Waals surface area contributed by atoms with E-state index in [0.29, 0.717) is 6.42 Å². The van der Waals surface area contributed by atoms with Gasteiger partial charge in [-0.25, -0.2) is 9.59 Å². The number of ether oxygens (including phenoxy) is 1. The van der Waals surface area contributed by atoms with Gasteiger partial charge in [-0.15, -0.1) is 0 Å². The van der Waals surface area contributed by atoms with Gasteiger partial charge in [0, 0.05) is 5.57 Å². The van der Waals surface area contributed by atoms with Crippen LogP contribution in [0.15, 0.2) is 24.5 Å². The molecule has 0 saturated carbocycles. The van der Waals surface area contributed by atoms with Gasteiger partial charge in [-0.3, -0.25) is 0 Å². The molecule has 0 radical (unpaired) electrons. The molecular formula is C9H14O5. The van der Waals surface area contributed by atoms with Gasteiger partial charge in [0.2, 0.25) is 0 Å². The van der Waals surface area contributed by atoms with E-state index in [1.165, 1.54) is 7.11 Å². The fourth-order valence-corrected chi connectivity index (χ4v) is 0.239. The third kappa shape index (κ3) is 8.32. The molecule has 0 aliphatic rings. The van der Waals surface area contributed by atoms with Crippen LogP contribution >= 0.6 is 0 Å². The summed E-state index contributed by atoms with van der Waals surface area (Å²) in [6.07, 6.45) is 0.523. The molecule has 0 aromatic heterocycles. The van der Waals surface area contributed by atoms with E-state index < -0.39 is 11.9 Å². The number of carboxylic acid groups (broad SMARTS) is 2. The van der Waals surface area contributed by atoms with Crippen molar-refractivity contribution in [3.63, 3.8) is 0 Å². The van der Waals surface area contributed by atoms with Crippen LogP contribution in [0.1, 0.15) is 13.3 Å². The van der Waals surface area contributed by atoms with E-state index in [-0.39, 0.29) is 11.3 Å². The Kier molecular flexibility index (Phi) is 8.26. The minimum absolute atomic E-state index is 0.236. The molecule has 80 valence electrons. The molecule has 0 bridgehead atoms. The molecule has 2 N–H and O–H groups in total. The minimum atomic E-state index is -1.12. The Morgan fingerprint density at radius 2 is 1.64 bits per heavy atom. The summed E-state index contributed by atoms with van der Waals surface area (Å²) < 4.78 is 4.22. The summed E-state index contributed by atoms with van der Waals surface area (Å²) in [5.41, 5.74) is 0.264. The van der Waals surface area contributed by atoms with Gasteiger partial charge in [0.25, 0.3) is 0 Å². The molecule has 0 aliphatic carbocycles. The Bertz CT molecular complexity index is 216. The molecular weight excluding hydrogens is 188 g/mol. The Morgan fingerprint density at radius 3 is 1.64 bits per heavy atom. The highest BCUT2D eigenvalue weighted by Crippen LogP contribution is 1.93. The number of hydrogen-bond acceptors (Lipinski definition) is 3. The molecule has 0 atom stereocenters. The standard InChI is InChI=1S/C5H8O2.C4H6O3/c1-3-4(2)5(6)7;1-3(7-2)4(5)6/h2-3H2,1H3,(H,6,7);1H2,2H3,(H,5,6). The lowest BCUT2D eigenvalue weighted by atomic mass is 10.2. The van der Waals surface area contributed by atoms with E-state index in [2.05, 4.69) is 17.9 Å². The second kappa shape index (κ2) is 7.85. The minimum Gasteiger partial charge on any atom is -0.490 e. The van der Waals surface area contributed by atoms with Crippen molar-refractivity contribution in [2.45, 2.75) is 13.3 Å². The predicted octanol–water partition coefficient (Wildman–Crippen LogP) is 1.27. The first-order chi connectivity index (χ1) is 6.36. The van der Waals surface area contributed by atoms with Gasteiger partial charge in [-0.1, -0.05) is 13.5 Å². The topological polar surface area (TPSA) is 83.8 Å². The molecule has 0 amide bonds. The Labute approximate surface area is 82.3 Å². The molecule has 0 aromatic rings. The fourth-order valence-electron chi connectivity index (χ4n) is 0.239. The summed E-state index contributed by atoms with van der Waals surface area (Å²) in [5, 5.41) is 16.0. The normalized spacial score (nSPS) is 7.86. The highest BCUT2D eigenvalue weighted by molar-refractivity contribution is 5.85. The van der Waals surface area contributed by atoms with Crippen LogP contribution in [-0.2, 0) is 14.3 Å². The summed E-state index contributed by atoms with van der Waals surface area (Å²) in [5.74, 6) is -2.26. The summed E-state index contributed by atoms with van der Waals surface area (Å²) in [6.45, 7) is 8.08. The molecule has 0 heterocycles. The molecule has 5 nitrogen and oxygen atoms in total. The zero-order chi connectivity index (χ0) is 11.7. The van der Waals surface area contributed by atoms with E-state index in [1.807, 2.05) is 0 Å². The number of rotatable bonds is 4. The van der Waals surface area contributed by atoms with E-state index in [1.54, 1.807) is 6.92 Å². The first kappa shape index (κ1) is 14.7. The van der Waals surface area contributed by atoms with Crippen LogP contribution in [-0.4, -0.2) is 29.3 Å². The van der Waals surface area contributed by atoms with Crippen molar-refractivity contribution in [1.82, 2.24) is 0 Å². The van der Waals surface area contributed by atoms with Gasteiger partial charge in [-0.2, -0.15) is 0 Å². The average molecular weight is 202 g/mol. The van der Waals surface area contributed by atoms with E-state index >= 15 is 0 Å². The van der Waals surface area contributed by atoms with Crippen LogP contribution in [0.2, 0.25) is 0 Å². The van der Waals surface area contributed by atoms with Crippen molar-refractivity contribution >= 4 is 11.9 Å². The van der Waals surface area contributed by atoms with Crippen LogP contribution in [0.25, 0.3) is 0 Å². The molecule has 0 aromatic carbocycles. The highest BCUT2D eigenvalue weighted by atomic mass is 16.5. The second-order valence-corrected chi connectivity index (χ2v) is 2.19. The van der Waals surface area contributed by atoms with Crippen LogP contribution in [0, 0.1) is 0 Å². The quantitative estimate of drug-likeness (QED) is 0.529. The lowest BCUT2D eigenvalue weighted by molar-refractivity contribution is -0.136. The second-order valence-electron chi connectivity index (χ2n) is 2.19. The van der Waals surface area contributed by atoms with Crippen LogP contribution in [0.4, 0.5) is 0 Å². The molecule has 0 aliphatic heterocycles. The van der Waals surface area contributed by atoms with E-state index in [0.717, 1.165) is 0 Å². The SMILES string of the molecule is C=C(CC)C(=O)O.C=C(OC)C(=O)O. The molecule has 5 heteroatoms. The van der Waals surface area contributed by atoms with E-state index in [4.69, 9.17) is 10.2 Å². The number of hydrogen-bond donors (Lipinski definition) is 2. The fraction of sp³-hybridized carbons (Fsp3) is 0.333. The third-order valence-corrected chi connectivity index (χ3v) is 1.21. The largest absolute Gasteiger partial charge is 0.490 e. The van der Waals surface area contributed by atoms with Gasteiger partial charge in [0.1, 0.15) is 0 Å². The van der Waals surface area contributed by atoms with Gasteiger partial charge >= 0.3 is 11.9 Å². The van der Waals surface area contributed by atoms with Crippen molar-refractivity contribution < 1.29 is 24.5 Å². The van der Waals surface area contributed by atoms with E-state index in [9.17, 15) is 9.59 Å². The Balaban J connectivity index is 0. The van der Waals surface area contributed by atoms with Crippen molar-refractivity contribution in [3.8, 4) is 0 Å². The zero-order valence-corrected chi connectivity index (χ0v) is 8.24. The summed E-state index contributed by atoms with van der Waals surface area (Å²) in [4.78, 5) is 19.5. The van der Waals surface area contributed by atoms with Crippen molar-refractivity contribution in [2.24, 2.45) is 0 Å². The number of methoxy groups -OCH3 is 1. The van der Waals surface area contributed by atoms with Gasteiger partial charge < -0.3 is 14.9 Å². The third-order valence-electron chi connectivity index (χ3n) is 1.21. The molecule has 0 fully saturated rings. The molecule has 14 heavy (non-hydrogen) atoms. The number of aliphatic carboxylic acids is 2. The predicted molar refractivity (Wildman–Crippen MR) is 50.9 cm³/mol. The van der Waals surface area contributed by atoms with Crippen molar-refractivity contribution in [3.05, 3.63) is 24.5 Å². The maximum atomic E-state index is 9.83. The smallest absolute Gasteiger partial charge is 0.370 e. The van der Waals surface area contributed by atoms with Gasteiger partial charge in [0.05, 0.1) is 7.11 Å². The summed E-state index contributed by atoms with van der Waals surface area (Å²) in [6, 6.07) is 0. The maximum Gasteiger partial charge on any atom is 0.370 e. The van der Waals surface area contributed by atoms with Crippen molar-refractivity contribution in [1.29, 1.82) is 0 Å². The first-order valence-electron chi connectivity index (χ1n) is 3.74. The van der Waals surface area contributed by atoms with Crippen molar-refractivity contribution in [2.75, 3.05) is 7.11 Å². The lowest BCUT2D eigenvalue weighted by Gasteiger charge is -1.92. The van der Waals surface area contributed by atoms with Crippen LogP contribution in [0.3, 0.4) is 0 Å². The number of carbonyl (C=O) groups is 2. The monoisotopic (exact) mass is 202 g/mol. The Morgan fingerprint density at radius 1 is 1.21 bits per heavy atom. The maximum absolute atomic E-state index is 9.83. The lowest BCUT2D eigenvalue weighted by Crippen LogP contribution is -1.99. The number of carboxylic acids is 2. The first-order valence-corrected chi connectivity index (χ1v) is 3.74. The van der Waals surface area contributed by atoms with Crippen LogP contribution < -0.4 is 0 Å². The Hall–Kier alpha value is -1.78.